The molecule has 2 aliphatic heterocycles. The van der Waals surface area contributed by atoms with Gasteiger partial charge >= 0.3 is 12.1 Å². The standard InChI is InChI=1S/C25H34N2O3.C2HF3O2/c1-18-2-5-20(6-3-18)24(28)26-14-23-8-9-25(30-23)16-27(10-11-29-17-25)15-22-13-19-4-7-21(22)12-19;3-2(4,5)1(6)7/h2-7,19,21-23H,8-17H2,1H3,(H,26,28);(H,6,7)/t19-,21+,22-,23-,25+;/m1./s1. The number of carboxylic acid groups (broad SMARTS) is 1. The number of rotatable bonds is 5. The molecule has 5 rings (SSSR count). The van der Waals surface area contributed by atoms with Crippen molar-refractivity contribution >= 4 is 11.9 Å². The van der Waals surface area contributed by atoms with Gasteiger partial charge < -0.3 is 19.9 Å². The number of aryl methyl sites for hydroxylation is 1. The third-order valence-corrected chi connectivity index (χ3v) is 7.72. The Labute approximate surface area is 215 Å². The number of allylic oxidation sites excluding steroid dienone is 2. The number of carbonyl (C=O) groups is 2. The van der Waals surface area contributed by atoms with Crippen molar-refractivity contribution in [3.63, 3.8) is 0 Å². The van der Waals surface area contributed by atoms with Crippen molar-refractivity contribution in [2.24, 2.45) is 17.8 Å². The predicted molar refractivity (Wildman–Crippen MR) is 130 cm³/mol. The number of fused-ring (bicyclic) bond motifs is 2. The van der Waals surface area contributed by atoms with Gasteiger partial charge in [-0.1, -0.05) is 29.8 Å². The number of benzene rings is 1. The highest BCUT2D eigenvalue weighted by Crippen LogP contribution is 2.44. The van der Waals surface area contributed by atoms with Crippen LogP contribution in [0.1, 0.15) is 41.6 Å². The lowest BCUT2D eigenvalue weighted by atomic mass is 9.92. The smallest absolute Gasteiger partial charge is 0.475 e. The molecule has 204 valence electrons. The van der Waals surface area contributed by atoms with Gasteiger partial charge in [-0.2, -0.15) is 13.2 Å². The van der Waals surface area contributed by atoms with E-state index in [4.69, 9.17) is 19.4 Å². The maximum atomic E-state index is 12.4. The number of carboxylic acids is 1. The summed E-state index contributed by atoms with van der Waals surface area (Å²) in [5.41, 5.74) is 1.65. The maximum Gasteiger partial charge on any atom is 0.490 e. The van der Waals surface area contributed by atoms with Crippen molar-refractivity contribution in [3.05, 3.63) is 47.5 Å². The van der Waals surface area contributed by atoms with Crippen molar-refractivity contribution in [3.8, 4) is 0 Å². The molecular formula is C27H35F3N2O5. The highest BCUT2D eigenvalue weighted by Gasteiger charge is 2.44. The molecule has 5 atom stereocenters. The molecule has 1 amide bonds. The van der Waals surface area contributed by atoms with Gasteiger partial charge in [0, 0.05) is 31.7 Å². The Kier molecular flexibility index (Phi) is 8.60. The van der Waals surface area contributed by atoms with Crippen molar-refractivity contribution < 1.29 is 37.3 Å². The fourth-order valence-corrected chi connectivity index (χ4v) is 5.85. The van der Waals surface area contributed by atoms with E-state index in [1.165, 1.54) is 12.8 Å². The van der Waals surface area contributed by atoms with Crippen molar-refractivity contribution in [2.75, 3.05) is 39.4 Å². The highest BCUT2D eigenvalue weighted by molar-refractivity contribution is 5.94. The molecule has 0 unspecified atom stereocenters. The third kappa shape index (κ3) is 7.33. The Hall–Kier alpha value is -2.43. The summed E-state index contributed by atoms with van der Waals surface area (Å²) in [6.07, 6.45) is 4.53. The summed E-state index contributed by atoms with van der Waals surface area (Å²) in [5, 5.41) is 10.2. The van der Waals surface area contributed by atoms with Gasteiger partial charge in [0.15, 0.2) is 0 Å². The van der Waals surface area contributed by atoms with Gasteiger partial charge in [0.1, 0.15) is 5.60 Å². The molecule has 2 saturated heterocycles. The Morgan fingerprint density at radius 1 is 1.19 bits per heavy atom. The van der Waals surface area contributed by atoms with Crippen LogP contribution in [0.2, 0.25) is 0 Å². The molecule has 0 radical (unpaired) electrons. The zero-order valence-corrected chi connectivity index (χ0v) is 21.0. The summed E-state index contributed by atoms with van der Waals surface area (Å²) in [6.45, 7) is 7.16. The van der Waals surface area contributed by atoms with Gasteiger partial charge in [-0.3, -0.25) is 9.69 Å². The molecule has 2 heterocycles. The van der Waals surface area contributed by atoms with Crippen molar-refractivity contribution in [1.82, 2.24) is 10.2 Å². The summed E-state index contributed by atoms with van der Waals surface area (Å²) >= 11 is 0. The normalized spacial score (nSPS) is 31.1. The number of nitrogens with one attached hydrogen (secondary N) is 1. The Morgan fingerprint density at radius 3 is 2.54 bits per heavy atom. The van der Waals surface area contributed by atoms with E-state index in [0.29, 0.717) is 18.7 Å². The van der Waals surface area contributed by atoms with Crippen molar-refractivity contribution in [1.29, 1.82) is 0 Å². The molecule has 1 aromatic rings. The number of hydrogen-bond donors (Lipinski definition) is 2. The second kappa shape index (κ2) is 11.5. The first-order valence-electron chi connectivity index (χ1n) is 12.8. The first-order chi connectivity index (χ1) is 17.5. The zero-order valence-electron chi connectivity index (χ0n) is 21.0. The predicted octanol–water partition coefficient (Wildman–Crippen LogP) is 3.82. The van der Waals surface area contributed by atoms with Gasteiger partial charge in [0.25, 0.3) is 5.91 Å². The number of amides is 1. The quantitative estimate of drug-likeness (QED) is 0.570. The minimum atomic E-state index is -5.08. The average Bonchev–Trinajstić information content (AvgIpc) is 3.53. The maximum absolute atomic E-state index is 12.4. The SMILES string of the molecule is Cc1ccc(C(=O)NC[C@H]2CC[C@]3(COCCN(C[C@H]4C[C@@H]5C=C[C@H]4C5)C3)O2)cc1.O=C(O)C(F)(F)F. The van der Waals surface area contributed by atoms with Gasteiger partial charge in [-0.15, -0.1) is 0 Å². The molecule has 10 heteroatoms. The Balaban J connectivity index is 0.000000405. The number of nitrogens with zero attached hydrogens (tertiary/aromatic N) is 1. The summed E-state index contributed by atoms with van der Waals surface area (Å²) in [5.74, 6) is -0.387. The Bertz CT molecular complexity index is 983. The lowest BCUT2D eigenvalue weighted by molar-refractivity contribution is -0.192. The van der Waals surface area contributed by atoms with Gasteiger partial charge in [0.05, 0.1) is 19.3 Å². The summed E-state index contributed by atoms with van der Waals surface area (Å²) in [7, 11) is 0. The molecule has 1 aromatic carbocycles. The van der Waals surface area contributed by atoms with E-state index >= 15 is 0 Å². The van der Waals surface area contributed by atoms with Crippen molar-refractivity contribution in [2.45, 2.75) is 50.5 Å². The molecule has 2 bridgehead atoms. The van der Waals surface area contributed by atoms with E-state index in [2.05, 4.69) is 22.4 Å². The molecule has 1 spiro atoms. The third-order valence-electron chi connectivity index (χ3n) is 7.72. The van der Waals surface area contributed by atoms with Gasteiger partial charge in [0.2, 0.25) is 0 Å². The van der Waals surface area contributed by atoms with E-state index in [1.807, 2.05) is 31.2 Å². The number of alkyl halides is 3. The van der Waals surface area contributed by atoms with Crippen LogP contribution in [-0.2, 0) is 14.3 Å². The van der Waals surface area contributed by atoms with E-state index in [0.717, 1.165) is 62.4 Å². The molecule has 2 aliphatic carbocycles. The fraction of sp³-hybridized carbons (Fsp3) is 0.630. The number of ether oxygens (including phenoxy) is 2. The van der Waals surface area contributed by atoms with Crippen LogP contribution >= 0.6 is 0 Å². The second-order valence-corrected chi connectivity index (χ2v) is 10.7. The molecule has 3 fully saturated rings. The summed E-state index contributed by atoms with van der Waals surface area (Å²) < 4.78 is 44.2. The zero-order chi connectivity index (χ0) is 26.6. The van der Waals surface area contributed by atoms with E-state index in [1.54, 1.807) is 0 Å². The number of hydrogen-bond acceptors (Lipinski definition) is 5. The molecule has 7 nitrogen and oxygen atoms in total. The average molecular weight is 525 g/mol. The molecule has 1 saturated carbocycles. The number of aliphatic carboxylic acids is 1. The molecule has 2 N–H and O–H groups in total. The monoisotopic (exact) mass is 524 g/mol. The summed E-state index contributed by atoms with van der Waals surface area (Å²) in [4.78, 5) is 23.9. The second-order valence-electron chi connectivity index (χ2n) is 10.7. The van der Waals surface area contributed by atoms with Gasteiger partial charge in [-0.25, -0.2) is 4.79 Å². The first-order valence-corrected chi connectivity index (χ1v) is 12.8. The number of carbonyl (C=O) groups excluding carboxylic acids is 1. The lowest BCUT2D eigenvalue weighted by Crippen LogP contribution is -2.46. The van der Waals surface area contributed by atoms with Crippen LogP contribution in [0.15, 0.2) is 36.4 Å². The fourth-order valence-electron chi connectivity index (χ4n) is 5.85. The van der Waals surface area contributed by atoms with Crippen LogP contribution < -0.4 is 5.32 Å². The van der Waals surface area contributed by atoms with Crippen LogP contribution in [0.3, 0.4) is 0 Å². The van der Waals surface area contributed by atoms with Crippen LogP contribution in [-0.4, -0.2) is 79.2 Å². The minimum Gasteiger partial charge on any atom is -0.475 e. The van der Waals surface area contributed by atoms with Crippen LogP contribution in [0, 0.1) is 24.7 Å². The highest BCUT2D eigenvalue weighted by atomic mass is 19.4. The van der Waals surface area contributed by atoms with E-state index < -0.39 is 12.1 Å². The topological polar surface area (TPSA) is 88.1 Å². The van der Waals surface area contributed by atoms with E-state index in [9.17, 15) is 18.0 Å². The van der Waals surface area contributed by atoms with Crippen LogP contribution in [0.25, 0.3) is 0 Å². The Morgan fingerprint density at radius 2 is 1.92 bits per heavy atom. The van der Waals surface area contributed by atoms with Gasteiger partial charge in [-0.05, 0) is 62.5 Å². The van der Waals surface area contributed by atoms with Crippen LogP contribution in [0.4, 0.5) is 13.2 Å². The molecule has 0 aromatic heterocycles. The largest absolute Gasteiger partial charge is 0.490 e. The van der Waals surface area contributed by atoms with Crippen LogP contribution in [0.5, 0.6) is 0 Å². The molecule has 4 aliphatic rings. The number of halogens is 3. The molecule has 37 heavy (non-hydrogen) atoms. The summed E-state index contributed by atoms with van der Waals surface area (Å²) in [6, 6.07) is 7.70. The minimum absolute atomic E-state index is 0.0253. The van der Waals surface area contributed by atoms with E-state index in [-0.39, 0.29) is 17.6 Å². The molecular weight excluding hydrogens is 489 g/mol. The lowest BCUT2D eigenvalue weighted by Gasteiger charge is -2.34. The first kappa shape index (κ1) is 27.6.